The lowest BCUT2D eigenvalue weighted by atomic mass is 10.2. The molecular formula is C10H15ClN6. The van der Waals surface area contributed by atoms with Crippen LogP contribution in [0.3, 0.4) is 0 Å². The molecule has 6 nitrogen and oxygen atoms in total. The second-order valence-electron chi connectivity index (χ2n) is 4.22. The number of nitrogens with zero attached hydrogens (tertiary/aromatic N) is 6. The summed E-state index contributed by atoms with van der Waals surface area (Å²) in [5.41, 5.74) is 0. The highest BCUT2D eigenvalue weighted by Crippen LogP contribution is 2.05. The molecule has 0 aliphatic heterocycles. The van der Waals surface area contributed by atoms with Crippen LogP contribution < -0.4 is 0 Å². The maximum atomic E-state index is 5.77. The van der Waals surface area contributed by atoms with Crippen molar-refractivity contribution in [1.29, 1.82) is 0 Å². The van der Waals surface area contributed by atoms with E-state index in [2.05, 4.69) is 34.0 Å². The average Bonchev–Trinajstić information content (AvgIpc) is 2.88. The van der Waals surface area contributed by atoms with Gasteiger partial charge in [-0.1, -0.05) is 13.8 Å². The van der Waals surface area contributed by atoms with Crippen molar-refractivity contribution in [3.05, 3.63) is 24.3 Å². The van der Waals surface area contributed by atoms with Gasteiger partial charge in [0.15, 0.2) is 0 Å². The lowest BCUT2D eigenvalue weighted by Crippen LogP contribution is -2.15. The molecule has 2 aromatic heterocycles. The fourth-order valence-corrected chi connectivity index (χ4v) is 1.77. The van der Waals surface area contributed by atoms with Crippen LogP contribution in [0.15, 0.2) is 12.7 Å². The summed E-state index contributed by atoms with van der Waals surface area (Å²) in [6.07, 6.45) is 3.07. The van der Waals surface area contributed by atoms with Crippen LogP contribution >= 0.6 is 11.6 Å². The molecule has 0 saturated heterocycles. The van der Waals surface area contributed by atoms with Crippen LogP contribution in [-0.2, 0) is 19.0 Å². The van der Waals surface area contributed by atoms with E-state index < -0.39 is 0 Å². The van der Waals surface area contributed by atoms with E-state index in [1.807, 2.05) is 4.68 Å². The van der Waals surface area contributed by atoms with Crippen molar-refractivity contribution in [2.24, 2.45) is 5.92 Å². The maximum absolute atomic E-state index is 5.77. The van der Waals surface area contributed by atoms with Crippen LogP contribution in [0.1, 0.15) is 25.5 Å². The Kier molecular flexibility index (Phi) is 3.73. The monoisotopic (exact) mass is 254 g/mol. The number of hydrogen-bond acceptors (Lipinski definition) is 4. The molecular weight excluding hydrogens is 240 g/mol. The topological polar surface area (TPSA) is 61.4 Å². The van der Waals surface area contributed by atoms with Crippen molar-refractivity contribution in [3.63, 3.8) is 0 Å². The standard InChI is InChI=1S/C10H15ClN6/c1-8(2)4-16-10(13-7-14-16)5-17-9(3-11)12-6-15-17/h6-8H,3-5H2,1-2H3. The summed E-state index contributed by atoms with van der Waals surface area (Å²) in [5.74, 6) is 2.48. The second-order valence-corrected chi connectivity index (χ2v) is 4.49. The van der Waals surface area contributed by atoms with Gasteiger partial charge in [-0.2, -0.15) is 10.2 Å². The van der Waals surface area contributed by atoms with Crippen LogP contribution in [0.5, 0.6) is 0 Å². The zero-order valence-corrected chi connectivity index (χ0v) is 10.7. The lowest BCUT2D eigenvalue weighted by molar-refractivity contribution is 0.454. The Morgan fingerprint density at radius 1 is 1.12 bits per heavy atom. The van der Waals surface area contributed by atoms with Crippen molar-refractivity contribution in [2.75, 3.05) is 0 Å². The summed E-state index contributed by atoms with van der Waals surface area (Å²) < 4.78 is 3.64. The van der Waals surface area contributed by atoms with E-state index in [-0.39, 0.29) is 0 Å². The van der Waals surface area contributed by atoms with Crippen molar-refractivity contribution >= 4 is 11.6 Å². The highest BCUT2D eigenvalue weighted by atomic mass is 35.5. The molecule has 0 unspecified atom stereocenters. The van der Waals surface area contributed by atoms with E-state index in [0.29, 0.717) is 18.3 Å². The number of alkyl halides is 1. The first kappa shape index (κ1) is 12.0. The molecule has 0 amide bonds. The molecule has 2 aromatic rings. The Bertz CT molecular complexity index is 475. The Hall–Kier alpha value is -1.43. The second kappa shape index (κ2) is 5.27. The van der Waals surface area contributed by atoms with Crippen molar-refractivity contribution in [1.82, 2.24) is 29.5 Å². The Balaban J connectivity index is 2.16. The molecule has 0 aliphatic rings. The van der Waals surface area contributed by atoms with Gasteiger partial charge in [0.05, 0.1) is 5.88 Å². The van der Waals surface area contributed by atoms with Crippen molar-refractivity contribution in [3.8, 4) is 0 Å². The van der Waals surface area contributed by atoms with Crippen molar-refractivity contribution < 1.29 is 0 Å². The molecule has 17 heavy (non-hydrogen) atoms. The molecule has 0 atom stereocenters. The third kappa shape index (κ3) is 2.82. The predicted molar refractivity (Wildman–Crippen MR) is 63.5 cm³/mol. The smallest absolute Gasteiger partial charge is 0.148 e. The number of hydrogen-bond donors (Lipinski definition) is 0. The molecule has 0 N–H and O–H groups in total. The molecule has 2 heterocycles. The van der Waals surface area contributed by atoms with Gasteiger partial charge >= 0.3 is 0 Å². The fourth-order valence-electron chi connectivity index (χ4n) is 1.57. The van der Waals surface area contributed by atoms with Gasteiger partial charge in [0, 0.05) is 6.54 Å². The zero-order chi connectivity index (χ0) is 12.3. The largest absolute Gasteiger partial charge is 0.248 e. The minimum absolute atomic E-state index is 0.346. The van der Waals surface area contributed by atoms with Gasteiger partial charge in [0.1, 0.15) is 30.8 Å². The van der Waals surface area contributed by atoms with Gasteiger partial charge in [0.25, 0.3) is 0 Å². The zero-order valence-electron chi connectivity index (χ0n) is 9.91. The van der Waals surface area contributed by atoms with E-state index in [1.165, 1.54) is 6.33 Å². The first-order valence-electron chi connectivity index (χ1n) is 5.50. The summed E-state index contributed by atoms with van der Waals surface area (Å²) >= 11 is 5.77. The van der Waals surface area contributed by atoms with Crippen molar-refractivity contribution in [2.45, 2.75) is 32.8 Å². The maximum Gasteiger partial charge on any atom is 0.148 e. The van der Waals surface area contributed by atoms with Crippen LogP contribution in [0, 0.1) is 5.92 Å². The molecule has 0 bridgehead atoms. The van der Waals surface area contributed by atoms with Gasteiger partial charge in [-0.3, -0.25) is 0 Å². The SMILES string of the molecule is CC(C)Cn1ncnc1Cn1ncnc1CCl. The minimum Gasteiger partial charge on any atom is -0.248 e. The number of rotatable bonds is 5. The van der Waals surface area contributed by atoms with E-state index >= 15 is 0 Å². The van der Waals surface area contributed by atoms with Crippen LogP contribution in [-0.4, -0.2) is 29.5 Å². The predicted octanol–water partition coefficient (Wildman–Crippen LogP) is 1.31. The first-order valence-corrected chi connectivity index (χ1v) is 6.03. The average molecular weight is 255 g/mol. The Morgan fingerprint density at radius 2 is 1.76 bits per heavy atom. The van der Waals surface area contributed by atoms with E-state index in [0.717, 1.165) is 18.2 Å². The molecule has 0 spiro atoms. The van der Waals surface area contributed by atoms with Gasteiger partial charge in [-0.05, 0) is 5.92 Å². The summed E-state index contributed by atoms with van der Waals surface area (Å²) in [7, 11) is 0. The van der Waals surface area contributed by atoms with Gasteiger partial charge < -0.3 is 0 Å². The first-order chi connectivity index (χ1) is 8.20. The number of halogens is 1. The lowest BCUT2D eigenvalue weighted by Gasteiger charge is -2.09. The minimum atomic E-state index is 0.346. The van der Waals surface area contributed by atoms with E-state index in [1.54, 1.807) is 11.0 Å². The van der Waals surface area contributed by atoms with Gasteiger partial charge in [-0.15, -0.1) is 11.6 Å². The normalized spacial score (nSPS) is 11.3. The molecule has 92 valence electrons. The Labute approximate surface area is 105 Å². The van der Waals surface area contributed by atoms with Crippen LogP contribution in [0.25, 0.3) is 0 Å². The number of aromatic nitrogens is 6. The molecule has 0 aromatic carbocycles. The third-order valence-electron chi connectivity index (χ3n) is 2.34. The summed E-state index contributed by atoms with van der Waals surface area (Å²) in [4.78, 5) is 8.31. The molecule has 0 aliphatic carbocycles. The summed E-state index contributed by atoms with van der Waals surface area (Å²) in [5, 5.41) is 8.33. The summed E-state index contributed by atoms with van der Waals surface area (Å²) in [6.45, 7) is 5.69. The molecule has 0 fully saturated rings. The molecule has 0 saturated carbocycles. The van der Waals surface area contributed by atoms with Gasteiger partial charge in [0.2, 0.25) is 0 Å². The van der Waals surface area contributed by atoms with Crippen LogP contribution in [0.4, 0.5) is 0 Å². The highest BCUT2D eigenvalue weighted by Gasteiger charge is 2.10. The van der Waals surface area contributed by atoms with E-state index in [4.69, 9.17) is 11.6 Å². The molecule has 2 rings (SSSR count). The molecule has 0 radical (unpaired) electrons. The third-order valence-corrected chi connectivity index (χ3v) is 2.58. The highest BCUT2D eigenvalue weighted by molar-refractivity contribution is 6.16. The molecule has 7 heteroatoms. The quantitative estimate of drug-likeness (QED) is 0.755. The van der Waals surface area contributed by atoms with E-state index in [9.17, 15) is 0 Å². The fraction of sp³-hybridized carbons (Fsp3) is 0.600. The van der Waals surface area contributed by atoms with Crippen LogP contribution in [0.2, 0.25) is 0 Å². The Morgan fingerprint density at radius 3 is 2.41 bits per heavy atom. The van der Waals surface area contributed by atoms with Gasteiger partial charge in [-0.25, -0.2) is 19.3 Å². The summed E-state index contributed by atoms with van der Waals surface area (Å²) in [6, 6.07) is 0.